The summed E-state index contributed by atoms with van der Waals surface area (Å²) in [4.78, 5) is 0. The highest BCUT2D eigenvalue weighted by Gasteiger charge is 2.29. The van der Waals surface area contributed by atoms with E-state index in [1.165, 1.54) is 18.6 Å². The molecule has 0 radical (unpaired) electrons. The highest BCUT2D eigenvalue weighted by Crippen LogP contribution is 2.36. The Morgan fingerprint density at radius 1 is 1.38 bits per heavy atom. The lowest BCUT2D eigenvalue weighted by atomic mass is 10.1. The first kappa shape index (κ1) is 14.3. The summed E-state index contributed by atoms with van der Waals surface area (Å²) in [6.07, 6.45) is 2.75. The Morgan fingerprint density at radius 2 is 2.06 bits per heavy atom. The van der Waals surface area contributed by atoms with Crippen LogP contribution in [0.4, 0.5) is 0 Å². The van der Waals surface area contributed by atoms with Gasteiger partial charge in [0.15, 0.2) is 0 Å². The number of thioether (sulfide) groups is 1. The maximum atomic E-state index is 3.65. The first-order valence-corrected chi connectivity index (χ1v) is 7.42. The standard InChI is InChI=1S/C13H28N2S/c1-11(9-15-12(2,3)4)14-10-13(5)7-6-8-16-13/h11,14-15H,6-10H2,1-5H3. The van der Waals surface area contributed by atoms with Crippen LogP contribution in [0.5, 0.6) is 0 Å². The predicted molar refractivity (Wildman–Crippen MR) is 75.3 cm³/mol. The summed E-state index contributed by atoms with van der Waals surface area (Å²) in [5.41, 5.74) is 0.224. The lowest BCUT2D eigenvalue weighted by Gasteiger charge is -2.28. The van der Waals surface area contributed by atoms with Crippen LogP contribution in [0, 0.1) is 0 Å². The molecule has 96 valence electrons. The van der Waals surface area contributed by atoms with Crippen LogP contribution >= 0.6 is 11.8 Å². The summed E-state index contributed by atoms with van der Waals surface area (Å²) in [7, 11) is 0. The fourth-order valence-electron chi connectivity index (χ4n) is 1.90. The molecule has 1 aliphatic heterocycles. The quantitative estimate of drug-likeness (QED) is 0.777. The molecule has 0 amide bonds. The SMILES string of the molecule is CC(CNC(C)(C)C)NCC1(C)CCCS1. The summed E-state index contributed by atoms with van der Waals surface area (Å²) < 4.78 is 0.482. The molecule has 0 bridgehead atoms. The molecule has 2 atom stereocenters. The molecule has 2 unspecified atom stereocenters. The molecule has 1 rings (SSSR count). The Morgan fingerprint density at radius 3 is 2.56 bits per heavy atom. The molecule has 0 saturated carbocycles. The van der Waals surface area contributed by atoms with Gasteiger partial charge in [0, 0.05) is 29.4 Å². The van der Waals surface area contributed by atoms with E-state index in [0.717, 1.165) is 13.1 Å². The number of nitrogens with one attached hydrogen (secondary N) is 2. The van der Waals surface area contributed by atoms with Gasteiger partial charge in [-0.25, -0.2) is 0 Å². The van der Waals surface area contributed by atoms with E-state index < -0.39 is 0 Å². The summed E-state index contributed by atoms with van der Waals surface area (Å²) in [5.74, 6) is 1.34. The predicted octanol–water partition coefficient (Wildman–Crippen LogP) is 2.64. The molecule has 1 heterocycles. The first-order valence-electron chi connectivity index (χ1n) is 6.43. The number of rotatable bonds is 5. The maximum absolute atomic E-state index is 3.65. The van der Waals surface area contributed by atoms with Gasteiger partial charge in [-0.3, -0.25) is 0 Å². The van der Waals surface area contributed by atoms with Crippen molar-refractivity contribution in [1.29, 1.82) is 0 Å². The third-order valence-corrected chi connectivity index (χ3v) is 4.60. The Kier molecular flexibility index (Phi) is 5.14. The largest absolute Gasteiger partial charge is 0.312 e. The average Bonchev–Trinajstić information content (AvgIpc) is 2.59. The van der Waals surface area contributed by atoms with Crippen molar-refractivity contribution in [2.75, 3.05) is 18.8 Å². The fourth-order valence-corrected chi connectivity index (χ4v) is 3.15. The van der Waals surface area contributed by atoms with Crippen molar-refractivity contribution < 1.29 is 0 Å². The van der Waals surface area contributed by atoms with Crippen LogP contribution in [0.25, 0.3) is 0 Å². The monoisotopic (exact) mass is 244 g/mol. The van der Waals surface area contributed by atoms with Crippen molar-refractivity contribution in [3.8, 4) is 0 Å². The van der Waals surface area contributed by atoms with E-state index >= 15 is 0 Å². The lowest BCUT2D eigenvalue weighted by molar-refractivity contribution is 0.379. The van der Waals surface area contributed by atoms with Crippen molar-refractivity contribution in [3.05, 3.63) is 0 Å². The Balaban J connectivity index is 2.17. The van der Waals surface area contributed by atoms with Gasteiger partial charge in [-0.1, -0.05) is 0 Å². The van der Waals surface area contributed by atoms with Gasteiger partial charge in [0.05, 0.1) is 0 Å². The molecular formula is C13H28N2S. The maximum Gasteiger partial charge on any atom is 0.0256 e. The van der Waals surface area contributed by atoms with Crippen molar-refractivity contribution in [2.45, 2.75) is 63.8 Å². The normalized spacial score (nSPS) is 28.3. The van der Waals surface area contributed by atoms with Crippen LogP contribution in [0.3, 0.4) is 0 Å². The molecule has 0 aliphatic carbocycles. The Bertz CT molecular complexity index is 204. The lowest BCUT2D eigenvalue weighted by Crippen LogP contribution is -2.47. The zero-order valence-electron chi connectivity index (χ0n) is 11.5. The van der Waals surface area contributed by atoms with E-state index in [9.17, 15) is 0 Å². The number of hydrogen-bond acceptors (Lipinski definition) is 3. The van der Waals surface area contributed by atoms with E-state index in [-0.39, 0.29) is 5.54 Å². The third kappa shape index (κ3) is 5.55. The van der Waals surface area contributed by atoms with Gasteiger partial charge < -0.3 is 10.6 Å². The van der Waals surface area contributed by atoms with Crippen LogP contribution in [0.1, 0.15) is 47.5 Å². The fraction of sp³-hybridized carbons (Fsp3) is 1.00. The summed E-state index contributed by atoms with van der Waals surface area (Å²) in [6, 6.07) is 0.553. The minimum absolute atomic E-state index is 0.224. The van der Waals surface area contributed by atoms with E-state index in [1.807, 2.05) is 0 Å². The van der Waals surface area contributed by atoms with Gasteiger partial charge in [0.25, 0.3) is 0 Å². The van der Waals surface area contributed by atoms with Gasteiger partial charge in [0.1, 0.15) is 0 Å². The van der Waals surface area contributed by atoms with Crippen molar-refractivity contribution in [1.82, 2.24) is 10.6 Å². The molecule has 0 aromatic rings. The van der Waals surface area contributed by atoms with Gasteiger partial charge in [-0.2, -0.15) is 11.8 Å². The van der Waals surface area contributed by atoms with Gasteiger partial charge in [-0.15, -0.1) is 0 Å². The van der Waals surface area contributed by atoms with Crippen molar-refractivity contribution in [2.24, 2.45) is 0 Å². The van der Waals surface area contributed by atoms with E-state index in [1.54, 1.807) is 0 Å². The van der Waals surface area contributed by atoms with Crippen molar-refractivity contribution in [3.63, 3.8) is 0 Å². The number of hydrogen-bond donors (Lipinski definition) is 2. The van der Waals surface area contributed by atoms with Crippen LogP contribution in [0.15, 0.2) is 0 Å². The molecule has 1 aliphatic rings. The molecule has 0 spiro atoms. The van der Waals surface area contributed by atoms with Crippen LogP contribution in [0.2, 0.25) is 0 Å². The second-order valence-corrected chi connectivity index (χ2v) is 8.00. The summed E-state index contributed by atoms with van der Waals surface area (Å²) >= 11 is 2.13. The minimum atomic E-state index is 0.224. The molecule has 0 aromatic heterocycles. The smallest absolute Gasteiger partial charge is 0.0256 e. The van der Waals surface area contributed by atoms with Crippen LogP contribution in [-0.4, -0.2) is 35.2 Å². The van der Waals surface area contributed by atoms with Crippen LogP contribution in [-0.2, 0) is 0 Å². The van der Waals surface area contributed by atoms with E-state index in [4.69, 9.17) is 0 Å². The second kappa shape index (κ2) is 5.74. The topological polar surface area (TPSA) is 24.1 Å². The second-order valence-electron chi connectivity index (χ2n) is 6.31. The van der Waals surface area contributed by atoms with Gasteiger partial charge in [0.2, 0.25) is 0 Å². The molecule has 0 aromatic carbocycles. The molecule has 16 heavy (non-hydrogen) atoms. The van der Waals surface area contributed by atoms with E-state index in [0.29, 0.717) is 10.8 Å². The third-order valence-electron chi connectivity index (χ3n) is 3.06. The molecule has 3 heteroatoms. The average molecular weight is 244 g/mol. The summed E-state index contributed by atoms with van der Waals surface area (Å²) in [6.45, 7) is 13.5. The van der Waals surface area contributed by atoms with Gasteiger partial charge in [-0.05, 0) is 53.2 Å². The highest BCUT2D eigenvalue weighted by atomic mass is 32.2. The zero-order valence-corrected chi connectivity index (χ0v) is 12.3. The highest BCUT2D eigenvalue weighted by molar-refractivity contribution is 8.00. The van der Waals surface area contributed by atoms with Gasteiger partial charge >= 0.3 is 0 Å². The van der Waals surface area contributed by atoms with E-state index in [2.05, 4.69) is 57.0 Å². The summed E-state index contributed by atoms with van der Waals surface area (Å²) in [5, 5.41) is 7.19. The molecule has 1 saturated heterocycles. The molecular weight excluding hydrogens is 216 g/mol. The first-order chi connectivity index (χ1) is 7.31. The van der Waals surface area contributed by atoms with Crippen molar-refractivity contribution >= 4 is 11.8 Å². The Labute approximate surface area is 105 Å². The molecule has 2 N–H and O–H groups in total. The Hall–Kier alpha value is 0.270. The molecule has 1 fully saturated rings. The molecule has 2 nitrogen and oxygen atoms in total. The minimum Gasteiger partial charge on any atom is -0.312 e. The zero-order chi connectivity index (χ0) is 12.2. The van der Waals surface area contributed by atoms with Crippen LogP contribution < -0.4 is 10.6 Å².